The molecule has 0 saturated carbocycles. The van der Waals surface area contributed by atoms with Gasteiger partial charge in [-0.2, -0.15) is 0 Å². The van der Waals surface area contributed by atoms with Crippen LogP contribution < -0.4 is 21.3 Å². The van der Waals surface area contributed by atoms with Gasteiger partial charge in [0.25, 0.3) is 5.91 Å². The van der Waals surface area contributed by atoms with Crippen LogP contribution in [0, 0.1) is 0 Å². The van der Waals surface area contributed by atoms with Crippen LogP contribution in [0.3, 0.4) is 0 Å². The van der Waals surface area contributed by atoms with Crippen molar-refractivity contribution in [2.75, 3.05) is 23.0 Å². The molecule has 8 heteroatoms. The van der Waals surface area contributed by atoms with Gasteiger partial charge in [0.15, 0.2) is 0 Å². The van der Waals surface area contributed by atoms with E-state index in [9.17, 15) is 14.4 Å². The Bertz CT molecular complexity index is 1000. The Hall–Kier alpha value is -3.65. The van der Waals surface area contributed by atoms with E-state index in [2.05, 4.69) is 21.3 Å². The molecule has 3 aromatic rings. The van der Waals surface area contributed by atoms with E-state index in [-0.39, 0.29) is 24.3 Å². The molecular weight excluding hydrogens is 388 g/mol. The Morgan fingerprint density at radius 2 is 1.48 bits per heavy atom. The van der Waals surface area contributed by atoms with Gasteiger partial charge in [-0.05, 0) is 42.0 Å². The number of hydrogen-bond acceptors (Lipinski definition) is 4. The van der Waals surface area contributed by atoms with Gasteiger partial charge in [-0.25, -0.2) is 4.79 Å². The highest BCUT2D eigenvalue weighted by atomic mass is 32.1. The van der Waals surface area contributed by atoms with E-state index in [1.807, 2.05) is 18.2 Å². The Morgan fingerprint density at radius 3 is 2.17 bits per heavy atom. The number of rotatable bonds is 6. The molecule has 7 nitrogen and oxygen atoms in total. The van der Waals surface area contributed by atoms with E-state index in [0.717, 1.165) is 5.56 Å². The van der Waals surface area contributed by atoms with Gasteiger partial charge in [0.2, 0.25) is 5.91 Å². The maximum absolute atomic E-state index is 12.4. The number of benzene rings is 2. The van der Waals surface area contributed by atoms with E-state index in [4.69, 9.17) is 0 Å². The van der Waals surface area contributed by atoms with Gasteiger partial charge in [-0.15, -0.1) is 11.3 Å². The molecule has 3 rings (SSSR count). The summed E-state index contributed by atoms with van der Waals surface area (Å²) in [5.41, 5.74) is 2.16. The number of amides is 4. The number of carbonyl (C=O) groups is 3. The Labute approximate surface area is 172 Å². The number of hydrogen-bond donors (Lipinski definition) is 4. The van der Waals surface area contributed by atoms with Crippen LogP contribution in [0.5, 0.6) is 0 Å². The lowest BCUT2D eigenvalue weighted by Gasteiger charge is -2.06. The normalized spacial score (nSPS) is 10.1. The van der Waals surface area contributed by atoms with Crippen LogP contribution in [-0.2, 0) is 11.2 Å². The van der Waals surface area contributed by atoms with Crippen LogP contribution >= 0.6 is 11.3 Å². The van der Waals surface area contributed by atoms with Crippen molar-refractivity contribution in [3.8, 4) is 0 Å². The fourth-order valence-electron chi connectivity index (χ4n) is 2.50. The van der Waals surface area contributed by atoms with Crippen molar-refractivity contribution in [2.45, 2.75) is 6.42 Å². The molecule has 1 aromatic heterocycles. The van der Waals surface area contributed by atoms with Crippen molar-refractivity contribution in [1.29, 1.82) is 0 Å². The number of para-hydroxylation sites is 1. The van der Waals surface area contributed by atoms with E-state index < -0.39 is 0 Å². The summed E-state index contributed by atoms with van der Waals surface area (Å²) >= 11 is 1.18. The molecule has 2 aromatic carbocycles. The molecule has 0 atom stereocenters. The lowest BCUT2D eigenvalue weighted by Crippen LogP contribution is -2.19. The third-order valence-corrected chi connectivity index (χ3v) is 4.95. The highest BCUT2D eigenvalue weighted by molar-refractivity contribution is 7.18. The van der Waals surface area contributed by atoms with Gasteiger partial charge >= 0.3 is 6.03 Å². The first-order valence-electron chi connectivity index (χ1n) is 8.87. The maximum atomic E-state index is 12.4. The number of carbonyl (C=O) groups excluding carboxylic acids is 3. The van der Waals surface area contributed by atoms with Gasteiger partial charge in [0, 0.05) is 18.4 Å². The molecule has 29 heavy (non-hydrogen) atoms. The highest BCUT2D eigenvalue weighted by Crippen LogP contribution is 2.23. The molecule has 4 amide bonds. The third-order valence-electron chi connectivity index (χ3n) is 3.95. The van der Waals surface area contributed by atoms with Gasteiger partial charge < -0.3 is 16.0 Å². The molecule has 0 aliphatic carbocycles. The number of nitrogens with one attached hydrogen (secondary N) is 4. The standard InChI is InChI=1S/C21H20N4O3S/c1-22-18(26)13-14-7-9-16(10-8-14)23-20(27)17-11-12-19(29-17)25-21(28)24-15-5-3-2-4-6-15/h2-12H,13H2,1H3,(H,22,26)(H,23,27)(H2,24,25,28). The zero-order chi connectivity index (χ0) is 20.6. The average Bonchev–Trinajstić information content (AvgIpc) is 3.18. The number of likely N-dealkylation sites (N-methyl/N-ethyl adjacent to an activating group) is 1. The van der Waals surface area contributed by atoms with Crippen molar-refractivity contribution in [3.05, 3.63) is 77.2 Å². The number of anilines is 3. The second kappa shape index (κ2) is 9.52. The molecule has 0 aliphatic heterocycles. The zero-order valence-electron chi connectivity index (χ0n) is 15.7. The summed E-state index contributed by atoms with van der Waals surface area (Å²) in [6.07, 6.45) is 0.287. The van der Waals surface area contributed by atoms with Crippen molar-refractivity contribution in [1.82, 2.24) is 5.32 Å². The first-order valence-corrected chi connectivity index (χ1v) is 9.69. The zero-order valence-corrected chi connectivity index (χ0v) is 16.5. The quantitative estimate of drug-likeness (QED) is 0.497. The monoisotopic (exact) mass is 408 g/mol. The second-order valence-electron chi connectivity index (χ2n) is 6.11. The largest absolute Gasteiger partial charge is 0.359 e. The first kappa shape index (κ1) is 20.1. The summed E-state index contributed by atoms with van der Waals surface area (Å²) in [4.78, 5) is 36.3. The van der Waals surface area contributed by atoms with E-state index >= 15 is 0 Å². The van der Waals surface area contributed by atoms with Crippen LogP contribution in [0.1, 0.15) is 15.2 Å². The smallest absolute Gasteiger partial charge is 0.324 e. The van der Waals surface area contributed by atoms with Crippen molar-refractivity contribution in [2.24, 2.45) is 0 Å². The predicted octanol–water partition coefficient (Wildman–Crippen LogP) is 3.93. The Balaban J connectivity index is 1.55. The third kappa shape index (κ3) is 5.91. The lowest BCUT2D eigenvalue weighted by molar-refractivity contribution is -0.119. The molecule has 0 bridgehead atoms. The topological polar surface area (TPSA) is 99.3 Å². The van der Waals surface area contributed by atoms with E-state index in [1.165, 1.54) is 11.3 Å². The number of urea groups is 1. The molecular formula is C21H20N4O3S. The summed E-state index contributed by atoms with van der Waals surface area (Å²) in [6, 6.07) is 19.1. The molecule has 0 saturated heterocycles. The van der Waals surface area contributed by atoms with Gasteiger partial charge in [0.1, 0.15) is 0 Å². The van der Waals surface area contributed by atoms with E-state index in [0.29, 0.717) is 21.3 Å². The molecule has 4 N–H and O–H groups in total. The first-order chi connectivity index (χ1) is 14.0. The summed E-state index contributed by atoms with van der Waals surface area (Å²) in [7, 11) is 1.59. The van der Waals surface area contributed by atoms with E-state index in [1.54, 1.807) is 55.6 Å². The summed E-state index contributed by atoms with van der Waals surface area (Å²) in [5.74, 6) is -0.345. The van der Waals surface area contributed by atoms with Crippen molar-refractivity contribution < 1.29 is 14.4 Å². The minimum absolute atomic E-state index is 0.0725. The molecule has 148 valence electrons. The molecule has 0 aliphatic rings. The minimum atomic E-state index is -0.378. The maximum Gasteiger partial charge on any atom is 0.324 e. The molecule has 0 fully saturated rings. The predicted molar refractivity (Wildman–Crippen MR) is 116 cm³/mol. The molecule has 1 heterocycles. The van der Waals surface area contributed by atoms with Crippen molar-refractivity contribution in [3.63, 3.8) is 0 Å². The van der Waals surface area contributed by atoms with Crippen LogP contribution in [0.2, 0.25) is 0 Å². The lowest BCUT2D eigenvalue weighted by atomic mass is 10.1. The Morgan fingerprint density at radius 1 is 0.793 bits per heavy atom. The average molecular weight is 408 g/mol. The minimum Gasteiger partial charge on any atom is -0.359 e. The van der Waals surface area contributed by atoms with Gasteiger partial charge in [-0.1, -0.05) is 30.3 Å². The Kier molecular flexibility index (Phi) is 6.59. The summed E-state index contributed by atoms with van der Waals surface area (Å²) in [5, 5.41) is 11.4. The van der Waals surface area contributed by atoms with Crippen LogP contribution in [0.15, 0.2) is 66.7 Å². The van der Waals surface area contributed by atoms with Gasteiger partial charge in [-0.3, -0.25) is 14.9 Å². The summed E-state index contributed by atoms with van der Waals surface area (Å²) in [6.45, 7) is 0. The molecule has 0 unspecified atom stereocenters. The van der Waals surface area contributed by atoms with Crippen LogP contribution in [-0.4, -0.2) is 24.9 Å². The SMILES string of the molecule is CNC(=O)Cc1ccc(NC(=O)c2ccc(NC(=O)Nc3ccccc3)s2)cc1. The second-order valence-corrected chi connectivity index (χ2v) is 7.19. The summed E-state index contributed by atoms with van der Waals surface area (Å²) < 4.78 is 0. The van der Waals surface area contributed by atoms with Gasteiger partial charge in [0.05, 0.1) is 16.3 Å². The fourth-order valence-corrected chi connectivity index (χ4v) is 3.29. The van der Waals surface area contributed by atoms with Crippen molar-refractivity contribution >= 4 is 45.6 Å². The molecule has 0 radical (unpaired) electrons. The fraction of sp³-hybridized carbons (Fsp3) is 0.0952. The molecule has 0 spiro atoms. The highest BCUT2D eigenvalue weighted by Gasteiger charge is 2.12. The van der Waals surface area contributed by atoms with Crippen LogP contribution in [0.4, 0.5) is 21.2 Å². The number of thiophene rings is 1. The van der Waals surface area contributed by atoms with Crippen LogP contribution in [0.25, 0.3) is 0 Å².